The van der Waals surface area contributed by atoms with Crippen molar-refractivity contribution in [2.75, 3.05) is 27.4 Å². The topological polar surface area (TPSA) is 138 Å². The Kier molecular flexibility index (Phi) is 8.37. The Morgan fingerprint density at radius 1 is 0.951 bits per heavy atom. The van der Waals surface area contributed by atoms with Gasteiger partial charge in [0.25, 0.3) is 0 Å². The van der Waals surface area contributed by atoms with Crippen molar-refractivity contribution < 1.29 is 44.5 Å². The second-order valence-electron chi connectivity index (χ2n) is 10.6. The van der Waals surface area contributed by atoms with Crippen molar-refractivity contribution in [1.82, 2.24) is 0 Å². The second kappa shape index (κ2) is 12.0. The lowest BCUT2D eigenvalue weighted by atomic mass is 9.74. The summed E-state index contributed by atoms with van der Waals surface area (Å²) in [7, 11) is 2.72. The molecule has 0 fully saturated rings. The van der Waals surface area contributed by atoms with E-state index in [0.29, 0.717) is 30.8 Å². The molecule has 41 heavy (non-hydrogen) atoms. The van der Waals surface area contributed by atoms with E-state index in [9.17, 15) is 25.5 Å². The fourth-order valence-corrected chi connectivity index (χ4v) is 6.28. The van der Waals surface area contributed by atoms with Gasteiger partial charge in [-0.05, 0) is 54.2 Å². The zero-order valence-corrected chi connectivity index (χ0v) is 23.6. The minimum atomic E-state index is -1.03. The van der Waals surface area contributed by atoms with Crippen LogP contribution in [-0.4, -0.2) is 59.1 Å². The fraction of sp³-hybridized carbons (Fsp3) is 0.438. The first kappa shape index (κ1) is 28.7. The molecule has 5 rings (SSSR count). The maximum Gasteiger partial charge on any atom is 0.207 e. The van der Waals surface area contributed by atoms with Crippen molar-refractivity contribution in [3.63, 3.8) is 0 Å². The molecule has 3 atom stereocenters. The minimum absolute atomic E-state index is 0.0797. The van der Waals surface area contributed by atoms with E-state index in [4.69, 9.17) is 18.9 Å². The number of methoxy groups -OCH3 is 2. The predicted molar refractivity (Wildman–Crippen MR) is 153 cm³/mol. The molecule has 9 nitrogen and oxygen atoms in total. The largest absolute Gasteiger partial charge is 0.508 e. The zero-order chi connectivity index (χ0) is 29.3. The van der Waals surface area contributed by atoms with Gasteiger partial charge in [-0.2, -0.15) is 0 Å². The summed E-state index contributed by atoms with van der Waals surface area (Å²) in [4.78, 5) is 0. The molecule has 0 amide bonds. The van der Waals surface area contributed by atoms with Crippen LogP contribution in [0.4, 0.5) is 0 Å². The van der Waals surface area contributed by atoms with Gasteiger partial charge in [-0.25, -0.2) is 0 Å². The van der Waals surface area contributed by atoms with E-state index in [0.717, 1.165) is 47.1 Å². The predicted octanol–water partition coefficient (Wildman–Crippen LogP) is 5.12. The molecule has 0 radical (unpaired) electrons. The number of hydrogen-bond acceptors (Lipinski definition) is 9. The second-order valence-corrected chi connectivity index (χ2v) is 10.6. The van der Waals surface area contributed by atoms with E-state index >= 15 is 0 Å². The number of aliphatic hydroxyl groups excluding tert-OH is 2. The molecule has 2 aliphatic rings. The molecule has 3 aromatic carbocycles. The maximum atomic E-state index is 11.9. The average molecular weight is 567 g/mol. The minimum Gasteiger partial charge on any atom is -0.508 e. The van der Waals surface area contributed by atoms with E-state index in [1.54, 1.807) is 18.2 Å². The Bertz CT molecular complexity index is 1420. The molecular formula is C32H38O9. The number of phenolic OH excluding ortho intramolecular Hbond substituents is 3. The van der Waals surface area contributed by atoms with E-state index in [-0.39, 0.29) is 53.4 Å². The molecule has 1 aliphatic carbocycles. The number of benzene rings is 3. The van der Waals surface area contributed by atoms with Gasteiger partial charge in [0.2, 0.25) is 11.5 Å². The van der Waals surface area contributed by atoms with E-state index < -0.39 is 12.2 Å². The monoisotopic (exact) mass is 566 g/mol. The van der Waals surface area contributed by atoms with E-state index in [1.807, 2.05) is 6.07 Å². The summed E-state index contributed by atoms with van der Waals surface area (Å²) in [5.74, 6) is 0.167. The van der Waals surface area contributed by atoms with Gasteiger partial charge in [-0.3, -0.25) is 0 Å². The molecule has 9 heteroatoms. The lowest BCUT2D eigenvalue weighted by molar-refractivity contribution is -0.00471. The van der Waals surface area contributed by atoms with Crippen molar-refractivity contribution in [3.05, 3.63) is 52.6 Å². The highest BCUT2D eigenvalue weighted by molar-refractivity contribution is 5.82. The highest BCUT2D eigenvalue weighted by atomic mass is 16.5. The first-order valence-electron chi connectivity index (χ1n) is 14.1. The molecule has 1 heterocycles. The Hall–Kier alpha value is -3.82. The Morgan fingerprint density at radius 3 is 2.46 bits per heavy atom. The summed E-state index contributed by atoms with van der Waals surface area (Å²) < 4.78 is 23.1. The van der Waals surface area contributed by atoms with Crippen molar-refractivity contribution in [1.29, 1.82) is 0 Å². The number of unbranched alkanes of at least 4 members (excludes halogenated alkanes) is 2. The molecule has 0 spiro atoms. The smallest absolute Gasteiger partial charge is 0.207 e. The van der Waals surface area contributed by atoms with Gasteiger partial charge in [0, 0.05) is 28.7 Å². The van der Waals surface area contributed by atoms with Crippen LogP contribution in [0.3, 0.4) is 0 Å². The first-order valence-corrected chi connectivity index (χ1v) is 14.1. The summed E-state index contributed by atoms with van der Waals surface area (Å²) in [5.41, 5.74) is 4.96. The third-order valence-corrected chi connectivity index (χ3v) is 8.17. The molecule has 3 unspecified atom stereocenters. The van der Waals surface area contributed by atoms with Gasteiger partial charge in [0.1, 0.15) is 30.0 Å². The normalized spacial score (nSPS) is 19.0. The summed E-state index contributed by atoms with van der Waals surface area (Å²) in [6, 6.07) is 8.55. The number of fused-ring (bicyclic) bond motifs is 5. The molecule has 5 N–H and O–H groups in total. The molecule has 3 aromatic rings. The molecule has 0 aromatic heterocycles. The van der Waals surface area contributed by atoms with Crippen LogP contribution in [0.2, 0.25) is 0 Å². The number of phenols is 3. The van der Waals surface area contributed by atoms with Crippen LogP contribution in [0.1, 0.15) is 66.9 Å². The van der Waals surface area contributed by atoms with Crippen LogP contribution in [-0.2, 0) is 12.8 Å². The van der Waals surface area contributed by atoms with Gasteiger partial charge in [0.15, 0.2) is 17.6 Å². The van der Waals surface area contributed by atoms with E-state index in [1.165, 1.54) is 20.3 Å². The standard InChI is InChI=1S/C32H38O9/c1-4-5-6-7-21-27-20-10-8-17-14-18(34)9-11-19(17)26(20)23(40-13-12-33)16-24(27)41-31(28(21)35)22-15-25(38-2)30(37)32(39-3)29(22)36/h9,11,14-16,21,28,31,33-37H,4-8,10,12-13H2,1-3H3. The molecule has 0 saturated heterocycles. The van der Waals surface area contributed by atoms with Crippen molar-refractivity contribution in [2.24, 2.45) is 0 Å². The van der Waals surface area contributed by atoms with Crippen molar-refractivity contribution in [2.45, 2.75) is 63.6 Å². The van der Waals surface area contributed by atoms with Gasteiger partial charge in [-0.15, -0.1) is 0 Å². The Balaban J connectivity index is 1.71. The fourth-order valence-electron chi connectivity index (χ4n) is 6.28. The Labute approximate surface area is 239 Å². The number of aromatic hydroxyl groups is 3. The number of hydrogen-bond donors (Lipinski definition) is 5. The van der Waals surface area contributed by atoms with Crippen LogP contribution in [0, 0.1) is 0 Å². The molecule has 0 bridgehead atoms. The van der Waals surface area contributed by atoms with Crippen LogP contribution < -0.4 is 18.9 Å². The van der Waals surface area contributed by atoms with Crippen LogP contribution >= 0.6 is 0 Å². The number of rotatable bonds is 10. The highest BCUT2D eigenvalue weighted by Crippen LogP contribution is 2.56. The maximum absolute atomic E-state index is 11.9. The van der Waals surface area contributed by atoms with Crippen molar-refractivity contribution >= 4 is 0 Å². The lowest BCUT2D eigenvalue weighted by Crippen LogP contribution is -2.36. The summed E-state index contributed by atoms with van der Waals surface area (Å²) in [6.07, 6.45) is 2.93. The zero-order valence-electron chi connectivity index (χ0n) is 23.6. The van der Waals surface area contributed by atoms with Crippen LogP contribution in [0.15, 0.2) is 30.3 Å². The third-order valence-electron chi connectivity index (χ3n) is 8.17. The summed E-state index contributed by atoms with van der Waals surface area (Å²) in [5, 5.41) is 53.2. The van der Waals surface area contributed by atoms with E-state index in [2.05, 4.69) is 6.92 Å². The quantitative estimate of drug-likeness (QED) is 0.212. The molecule has 0 saturated carbocycles. The van der Waals surface area contributed by atoms with Gasteiger partial charge >= 0.3 is 0 Å². The highest BCUT2D eigenvalue weighted by Gasteiger charge is 2.43. The number of aliphatic hydroxyl groups is 2. The Morgan fingerprint density at radius 2 is 1.76 bits per heavy atom. The molecular weight excluding hydrogens is 528 g/mol. The number of aryl methyl sites for hydroxylation is 1. The van der Waals surface area contributed by atoms with Gasteiger partial charge in [-0.1, -0.05) is 32.3 Å². The SMILES string of the molecule is CCCCCC1c2c(cc(OCCO)c3c2CCc2cc(O)ccc2-3)OC(c2cc(OC)c(O)c(OC)c2O)C1O. The van der Waals surface area contributed by atoms with Crippen molar-refractivity contribution in [3.8, 4) is 51.4 Å². The third kappa shape index (κ3) is 5.08. The molecule has 220 valence electrons. The number of ether oxygens (including phenoxy) is 4. The van der Waals surface area contributed by atoms with Gasteiger partial charge < -0.3 is 44.5 Å². The lowest BCUT2D eigenvalue weighted by Gasteiger charge is -2.40. The molecule has 1 aliphatic heterocycles. The first-order chi connectivity index (χ1) is 19.8. The summed E-state index contributed by atoms with van der Waals surface area (Å²) in [6.45, 7) is 2.04. The summed E-state index contributed by atoms with van der Waals surface area (Å²) >= 11 is 0. The van der Waals surface area contributed by atoms with Crippen LogP contribution in [0.25, 0.3) is 11.1 Å². The van der Waals surface area contributed by atoms with Gasteiger partial charge in [0.05, 0.1) is 20.8 Å². The average Bonchev–Trinajstić information content (AvgIpc) is 2.97. The van der Waals surface area contributed by atoms with Crippen LogP contribution in [0.5, 0.6) is 40.2 Å².